The lowest BCUT2D eigenvalue weighted by molar-refractivity contribution is -0.152. The van der Waals surface area contributed by atoms with E-state index in [4.69, 9.17) is 9.72 Å². The van der Waals surface area contributed by atoms with Crippen LogP contribution in [0.25, 0.3) is 22.0 Å². The van der Waals surface area contributed by atoms with Crippen LogP contribution in [0.2, 0.25) is 0 Å². The molecule has 1 heterocycles. The number of aromatic nitrogens is 1. The van der Waals surface area contributed by atoms with E-state index in [1.54, 1.807) is 0 Å². The number of aryl methyl sites for hydroxylation is 2. The zero-order chi connectivity index (χ0) is 22.1. The van der Waals surface area contributed by atoms with Gasteiger partial charge in [-0.3, -0.25) is 9.78 Å². The summed E-state index contributed by atoms with van der Waals surface area (Å²) in [6, 6.07) is 15.1. The molecule has 3 heteroatoms. The second-order valence-corrected chi connectivity index (χ2v) is 9.51. The molecule has 1 aromatic heterocycles. The van der Waals surface area contributed by atoms with Crippen LogP contribution in [0.5, 0.6) is 0 Å². The van der Waals surface area contributed by atoms with Crippen LogP contribution in [0.1, 0.15) is 62.9 Å². The maximum absolute atomic E-state index is 12.2. The van der Waals surface area contributed by atoms with Gasteiger partial charge in [0, 0.05) is 17.5 Å². The number of nitrogens with zero attached hydrogens (tertiary/aromatic N) is 1. The van der Waals surface area contributed by atoms with Gasteiger partial charge in [0.1, 0.15) is 0 Å². The first-order valence-electron chi connectivity index (χ1n) is 10.8. The van der Waals surface area contributed by atoms with E-state index in [0.29, 0.717) is 18.9 Å². The Hall–Kier alpha value is -2.68. The van der Waals surface area contributed by atoms with Crippen LogP contribution in [0.4, 0.5) is 0 Å². The molecule has 3 rings (SSSR count). The lowest BCUT2D eigenvalue weighted by Crippen LogP contribution is -2.24. The fourth-order valence-corrected chi connectivity index (χ4v) is 3.62. The van der Waals surface area contributed by atoms with Crippen LogP contribution in [0, 0.1) is 19.3 Å². The van der Waals surface area contributed by atoms with Crippen LogP contribution >= 0.6 is 0 Å². The number of carbonyl (C=O) groups excluding carboxylic acids is 1. The summed E-state index contributed by atoms with van der Waals surface area (Å²) in [6.45, 7) is 14.6. The molecule has 3 aromatic rings. The van der Waals surface area contributed by atoms with Crippen LogP contribution in [0.15, 0.2) is 42.5 Å². The average Bonchev–Trinajstić information content (AvgIpc) is 2.67. The van der Waals surface area contributed by atoms with E-state index in [1.165, 1.54) is 27.8 Å². The number of fused-ring (bicyclic) bond motifs is 1. The van der Waals surface area contributed by atoms with Gasteiger partial charge in [-0.25, -0.2) is 0 Å². The van der Waals surface area contributed by atoms with Gasteiger partial charge in [0.05, 0.1) is 17.5 Å². The van der Waals surface area contributed by atoms with Gasteiger partial charge in [-0.1, -0.05) is 49.7 Å². The maximum Gasteiger partial charge on any atom is 0.311 e. The highest BCUT2D eigenvalue weighted by Gasteiger charge is 2.23. The number of benzene rings is 2. The molecule has 0 saturated carbocycles. The van der Waals surface area contributed by atoms with Crippen LogP contribution in [-0.2, 0) is 16.0 Å². The molecule has 0 spiro atoms. The average molecular weight is 404 g/mol. The van der Waals surface area contributed by atoms with Crippen molar-refractivity contribution >= 4 is 16.9 Å². The van der Waals surface area contributed by atoms with E-state index >= 15 is 0 Å². The lowest BCUT2D eigenvalue weighted by atomic mass is 9.89. The van der Waals surface area contributed by atoms with Gasteiger partial charge in [0.2, 0.25) is 0 Å². The van der Waals surface area contributed by atoms with Gasteiger partial charge < -0.3 is 4.74 Å². The third kappa shape index (κ3) is 4.72. The predicted molar refractivity (Wildman–Crippen MR) is 125 cm³/mol. The monoisotopic (exact) mass is 403 g/mol. The number of rotatable bonds is 5. The fraction of sp³-hybridized carbons (Fsp3) is 0.407. The first kappa shape index (κ1) is 22.0. The number of esters is 1. The Balaban J connectivity index is 2.09. The molecule has 0 saturated heterocycles. The number of pyridine rings is 1. The van der Waals surface area contributed by atoms with Crippen LogP contribution < -0.4 is 0 Å². The zero-order valence-corrected chi connectivity index (χ0v) is 19.3. The summed E-state index contributed by atoms with van der Waals surface area (Å²) in [4.78, 5) is 17.1. The maximum atomic E-state index is 12.2. The molecular formula is C27H33NO2. The Labute approximate surface area is 180 Å². The van der Waals surface area contributed by atoms with Crippen LogP contribution in [0.3, 0.4) is 0 Å². The molecule has 158 valence electrons. The number of carbonyl (C=O) groups is 1. The smallest absolute Gasteiger partial charge is 0.311 e. The standard InChI is InChI=1S/C27H33NO2/c1-17(2)23-13-12-22-24(28-23)16-19(4)21(14-15-30-26(29)27(5,6)7)25(22)20-10-8-18(3)9-11-20/h8-13,16-17H,14-15H2,1-7H3. The van der Waals surface area contributed by atoms with Gasteiger partial charge in [-0.2, -0.15) is 0 Å². The Morgan fingerprint density at radius 3 is 2.30 bits per heavy atom. The largest absolute Gasteiger partial charge is 0.465 e. The predicted octanol–water partition coefficient (Wildman–Crippen LogP) is 6.77. The van der Waals surface area contributed by atoms with E-state index in [9.17, 15) is 4.79 Å². The molecule has 0 unspecified atom stereocenters. The normalized spacial score (nSPS) is 11.9. The summed E-state index contributed by atoms with van der Waals surface area (Å²) in [5.41, 5.74) is 7.62. The number of hydrogen-bond acceptors (Lipinski definition) is 3. The highest BCUT2D eigenvalue weighted by atomic mass is 16.5. The van der Waals surface area contributed by atoms with Crippen molar-refractivity contribution in [2.45, 2.75) is 60.8 Å². The van der Waals surface area contributed by atoms with Gasteiger partial charge in [-0.05, 0) is 74.9 Å². The fourth-order valence-electron chi connectivity index (χ4n) is 3.62. The first-order chi connectivity index (χ1) is 14.1. The third-order valence-corrected chi connectivity index (χ3v) is 5.48. The van der Waals surface area contributed by atoms with Crippen molar-refractivity contribution in [2.24, 2.45) is 5.41 Å². The Morgan fingerprint density at radius 2 is 1.70 bits per heavy atom. The minimum atomic E-state index is -0.491. The first-order valence-corrected chi connectivity index (χ1v) is 10.8. The Morgan fingerprint density at radius 1 is 1.03 bits per heavy atom. The van der Waals surface area contributed by atoms with Crippen molar-refractivity contribution in [3.63, 3.8) is 0 Å². The molecule has 0 aliphatic rings. The second kappa shape index (κ2) is 8.59. The minimum Gasteiger partial charge on any atom is -0.465 e. The molecule has 0 aliphatic heterocycles. The van der Waals surface area contributed by atoms with E-state index in [-0.39, 0.29) is 5.97 Å². The van der Waals surface area contributed by atoms with E-state index in [2.05, 4.69) is 70.2 Å². The molecule has 0 bridgehead atoms. The van der Waals surface area contributed by atoms with E-state index < -0.39 is 5.41 Å². The molecular weight excluding hydrogens is 370 g/mol. The Kier molecular flexibility index (Phi) is 6.30. The van der Waals surface area contributed by atoms with Gasteiger partial charge in [0.25, 0.3) is 0 Å². The molecule has 0 fully saturated rings. The van der Waals surface area contributed by atoms with Crippen molar-refractivity contribution < 1.29 is 9.53 Å². The molecule has 0 atom stereocenters. The van der Waals surface area contributed by atoms with Crippen molar-refractivity contribution in [1.82, 2.24) is 4.98 Å². The topological polar surface area (TPSA) is 39.2 Å². The summed E-state index contributed by atoms with van der Waals surface area (Å²) < 4.78 is 5.58. The lowest BCUT2D eigenvalue weighted by Gasteiger charge is -2.20. The van der Waals surface area contributed by atoms with Crippen molar-refractivity contribution in [1.29, 1.82) is 0 Å². The summed E-state index contributed by atoms with van der Waals surface area (Å²) >= 11 is 0. The molecule has 2 aromatic carbocycles. The van der Waals surface area contributed by atoms with Crippen molar-refractivity contribution in [2.75, 3.05) is 6.61 Å². The highest BCUT2D eigenvalue weighted by Crippen LogP contribution is 2.35. The Bertz CT molecular complexity index is 1060. The summed E-state index contributed by atoms with van der Waals surface area (Å²) in [6.07, 6.45) is 0.679. The van der Waals surface area contributed by atoms with E-state index in [1.807, 2.05) is 20.8 Å². The zero-order valence-electron chi connectivity index (χ0n) is 19.3. The summed E-state index contributed by atoms with van der Waals surface area (Å²) in [5.74, 6) is 0.218. The van der Waals surface area contributed by atoms with Gasteiger partial charge in [-0.15, -0.1) is 0 Å². The summed E-state index contributed by atoms with van der Waals surface area (Å²) in [7, 11) is 0. The minimum absolute atomic E-state index is 0.166. The molecule has 3 nitrogen and oxygen atoms in total. The second-order valence-electron chi connectivity index (χ2n) is 9.51. The van der Waals surface area contributed by atoms with Crippen molar-refractivity contribution in [3.8, 4) is 11.1 Å². The molecule has 30 heavy (non-hydrogen) atoms. The van der Waals surface area contributed by atoms with Gasteiger partial charge >= 0.3 is 5.97 Å². The number of ether oxygens (including phenoxy) is 1. The summed E-state index contributed by atoms with van der Waals surface area (Å²) in [5, 5.41) is 1.14. The molecule has 0 radical (unpaired) electrons. The van der Waals surface area contributed by atoms with Crippen molar-refractivity contribution in [3.05, 3.63) is 64.8 Å². The highest BCUT2D eigenvalue weighted by molar-refractivity contribution is 5.97. The van der Waals surface area contributed by atoms with Gasteiger partial charge in [0.15, 0.2) is 0 Å². The third-order valence-electron chi connectivity index (χ3n) is 5.48. The van der Waals surface area contributed by atoms with E-state index in [0.717, 1.165) is 16.6 Å². The quantitative estimate of drug-likeness (QED) is 0.441. The molecule has 0 N–H and O–H groups in total. The number of hydrogen-bond donors (Lipinski definition) is 0. The SMILES string of the molecule is Cc1ccc(-c2c(CCOC(=O)C(C)(C)C)c(C)cc3nc(C(C)C)ccc23)cc1. The van der Waals surface area contributed by atoms with Crippen LogP contribution in [-0.4, -0.2) is 17.6 Å². The molecule has 0 amide bonds. The molecule has 0 aliphatic carbocycles.